The molecule has 0 unspecified atom stereocenters. The second kappa shape index (κ2) is 5.22. The van der Waals surface area contributed by atoms with Crippen LogP contribution in [0.4, 0.5) is 5.82 Å². The summed E-state index contributed by atoms with van der Waals surface area (Å²) in [7, 11) is 3.23. The van der Waals surface area contributed by atoms with Crippen LogP contribution in [0.5, 0.6) is 11.5 Å². The molecule has 2 aromatic rings. The molecule has 1 aromatic heterocycles. The standard InChI is InChI=1S/C12H15N3O2S/c1-16-9-4-7(8-6-14-15-12(8)13)11(18-3)5-10(9)17-2/h4-6H,1-3H3,(H3,13,14,15). The first kappa shape index (κ1) is 12.6. The SMILES string of the molecule is COc1cc(SC)c(-c2cn[nH]c2N)cc1OC. The van der Waals surface area contributed by atoms with Gasteiger partial charge in [-0.05, 0) is 18.4 Å². The minimum atomic E-state index is 0.539. The molecule has 6 heteroatoms. The van der Waals surface area contributed by atoms with E-state index in [1.165, 1.54) is 0 Å². The number of nitrogens with zero attached hydrogens (tertiary/aromatic N) is 1. The molecule has 5 nitrogen and oxygen atoms in total. The summed E-state index contributed by atoms with van der Waals surface area (Å²) in [6, 6.07) is 3.84. The summed E-state index contributed by atoms with van der Waals surface area (Å²) < 4.78 is 10.6. The van der Waals surface area contributed by atoms with Crippen molar-refractivity contribution >= 4 is 17.6 Å². The molecule has 0 fully saturated rings. The Balaban J connectivity index is 2.62. The Bertz CT molecular complexity index is 554. The number of hydrogen-bond donors (Lipinski definition) is 2. The number of benzene rings is 1. The molecule has 0 bridgehead atoms. The lowest BCUT2D eigenvalue weighted by Gasteiger charge is -2.13. The van der Waals surface area contributed by atoms with Gasteiger partial charge in [0.25, 0.3) is 0 Å². The molecule has 0 radical (unpaired) electrons. The smallest absolute Gasteiger partial charge is 0.161 e. The van der Waals surface area contributed by atoms with Crippen molar-refractivity contribution in [3.63, 3.8) is 0 Å². The highest BCUT2D eigenvalue weighted by Gasteiger charge is 2.15. The summed E-state index contributed by atoms with van der Waals surface area (Å²) in [4.78, 5) is 1.06. The van der Waals surface area contributed by atoms with E-state index in [4.69, 9.17) is 15.2 Å². The van der Waals surface area contributed by atoms with Crippen molar-refractivity contribution < 1.29 is 9.47 Å². The van der Waals surface area contributed by atoms with Crippen LogP contribution in [0.1, 0.15) is 0 Å². The van der Waals surface area contributed by atoms with Gasteiger partial charge in [0.1, 0.15) is 5.82 Å². The first-order valence-electron chi connectivity index (χ1n) is 5.30. The number of nitrogen functional groups attached to an aromatic ring is 1. The summed E-state index contributed by atoms with van der Waals surface area (Å²) in [5.41, 5.74) is 7.70. The van der Waals surface area contributed by atoms with E-state index in [2.05, 4.69) is 10.2 Å². The van der Waals surface area contributed by atoms with E-state index >= 15 is 0 Å². The molecule has 1 heterocycles. The van der Waals surface area contributed by atoms with Gasteiger partial charge in [-0.3, -0.25) is 5.10 Å². The van der Waals surface area contributed by atoms with Crippen molar-refractivity contribution in [3.05, 3.63) is 18.3 Å². The monoisotopic (exact) mass is 265 g/mol. The van der Waals surface area contributed by atoms with Gasteiger partial charge in [0.2, 0.25) is 0 Å². The van der Waals surface area contributed by atoms with Crippen LogP contribution in [-0.2, 0) is 0 Å². The minimum Gasteiger partial charge on any atom is -0.493 e. The number of rotatable bonds is 4. The lowest BCUT2D eigenvalue weighted by molar-refractivity contribution is 0.354. The third-order valence-corrected chi connectivity index (χ3v) is 3.44. The lowest BCUT2D eigenvalue weighted by Crippen LogP contribution is -1.94. The van der Waals surface area contributed by atoms with Crippen LogP contribution in [0.3, 0.4) is 0 Å². The van der Waals surface area contributed by atoms with Crippen LogP contribution in [-0.4, -0.2) is 30.7 Å². The molecule has 18 heavy (non-hydrogen) atoms. The average Bonchev–Trinajstić information content (AvgIpc) is 2.83. The Labute approximate surface area is 110 Å². The highest BCUT2D eigenvalue weighted by atomic mass is 32.2. The van der Waals surface area contributed by atoms with Crippen molar-refractivity contribution in [2.24, 2.45) is 0 Å². The maximum Gasteiger partial charge on any atom is 0.161 e. The molecular weight excluding hydrogens is 250 g/mol. The van der Waals surface area contributed by atoms with Crippen LogP contribution < -0.4 is 15.2 Å². The second-order valence-electron chi connectivity index (χ2n) is 3.60. The fraction of sp³-hybridized carbons (Fsp3) is 0.250. The number of aromatic amines is 1. The number of nitrogens with one attached hydrogen (secondary N) is 1. The van der Waals surface area contributed by atoms with Crippen LogP contribution >= 0.6 is 11.8 Å². The van der Waals surface area contributed by atoms with Gasteiger partial charge in [-0.2, -0.15) is 5.10 Å². The maximum absolute atomic E-state index is 5.86. The van der Waals surface area contributed by atoms with Gasteiger partial charge in [0.05, 0.1) is 20.4 Å². The number of thioether (sulfide) groups is 1. The third-order valence-electron chi connectivity index (χ3n) is 2.66. The van der Waals surface area contributed by atoms with Crippen molar-refractivity contribution in [2.45, 2.75) is 4.90 Å². The molecule has 0 saturated carbocycles. The van der Waals surface area contributed by atoms with Crippen molar-refractivity contribution in [3.8, 4) is 22.6 Å². The largest absolute Gasteiger partial charge is 0.493 e. The number of H-pyrrole nitrogens is 1. The van der Waals surface area contributed by atoms with Crippen LogP contribution in [0.25, 0.3) is 11.1 Å². The highest BCUT2D eigenvalue weighted by molar-refractivity contribution is 7.98. The molecule has 0 amide bonds. The fourth-order valence-electron chi connectivity index (χ4n) is 1.75. The quantitative estimate of drug-likeness (QED) is 0.830. The first-order valence-corrected chi connectivity index (χ1v) is 6.53. The minimum absolute atomic E-state index is 0.539. The second-order valence-corrected chi connectivity index (χ2v) is 4.45. The van der Waals surface area contributed by atoms with Gasteiger partial charge in [-0.25, -0.2) is 0 Å². The molecule has 0 spiro atoms. The molecule has 0 saturated heterocycles. The molecule has 0 aliphatic carbocycles. The Morgan fingerprint density at radius 1 is 1.17 bits per heavy atom. The van der Waals surface area contributed by atoms with Gasteiger partial charge >= 0.3 is 0 Å². The van der Waals surface area contributed by atoms with E-state index in [1.807, 2.05) is 18.4 Å². The summed E-state index contributed by atoms with van der Waals surface area (Å²) in [5.74, 6) is 1.91. The predicted molar refractivity (Wildman–Crippen MR) is 73.3 cm³/mol. The zero-order valence-electron chi connectivity index (χ0n) is 10.5. The van der Waals surface area contributed by atoms with Gasteiger partial charge in [0, 0.05) is 16.0 Å². The van der Waals surface area contributed by atoms with E-state index < -0.39 is 0 Å². The van der Waals surface area contributed by atoms with Gasteiger partial charge in [-0.1, -0.05) is 0 Å². The Kier molecular flexibility index (Phi) is 3.66. The number of methoxy groups -OCH3 is 2. The number of nitrogens with two attached hydrogens (primary N) is 1. The maximum atomic E-state index is 5.86. The molecule has 0 atom stereocenters. The molecule has 0 aliphatic rings. The molecule has 2 rings (SSSR count). The Hall–Kier alpha value is -1.82. The number of hydrogen-bond acceptors (Lipinski definition) is 5. The number of aromatic nitrogens is 2. The molecule has 0 aliphatic heterocycles. The van der Waals surface area contributed by atoms with Crippen LogP contribution in [0.2, 0.25) is 0 Å². The van der Waals surface area contributed by atoms with Crippen molar-refractivity contribution in [1.82, 2.24) is 10.2 Å². The summed E-state index contributed by atoms with van der Waals surface area (Å²) in [6.07, 6.45) is 3.71. The summed E-state index contributed by atoms with van der Waals surface area (Å²) in [6.45, 7) is 0. The molecule has 1 aromatic carbocycles. The van der Waals surface area contributed by atoms with Gasteiger partial charge in [0.15, 0.2) is 11.5 Å². The van der Waals surface area contributed by atoms with E-state index in [0.717, 1.165) is 16.0 Å². The van der Waals surface area contributed by atoms with E-state index in [1.54, 1.807) is 32.2 Å². The zero-order valence-corrected chi connectivity index (χ0v) is 11.3. The fourth-order valence-corrected chi connectivity index (χ4v) is 2.36. The Morgan fingerprint density at radius 3 is 2.33 bits per heavy atom. The van der Waals surface area contributed by atoms with E-state index in [0.29, 0.717) is 17.3 Å². The zero-order chi connectivity index (χ0) is 13.1. The van der Waals surface area contributed by atoms with E-state index in [-0.39, 0.29) is 0 Å². The molecular formula is C12H15N3O2S. The summed E-state index contributed by atoms with van der Waals surface area (Å²) in [5, 5.41) is 6.67. The van der Waals surface area contributed by atoms with Crippen molar-refractivity contribution in [1.29, 1.82) is 0 Å². The van der Waals surface area contributed by atoms with Gasteiger partial charge < -0.3 is 15.2 Å². The van der Waals surface area contributed by atoms with Gasteiger partial charge in [-0.15, -0.1) is 11.8 Å². The first-order chi connectivity index (χ1) is 8.71. The highest BCUT2D eigenvalue weighted by Crippen LogP contribution is 2.40. The van der Waals surface area contributed by atoms with Crippen LogP contribution in [0.15, 0.2) is 23.2 Å². The van der Waals surface area contributed by atoms with Crippen molar-refractivity contribution in [2.75, 3.05) is 26.2 Å². The summed E-state index contributed by atoms with van der Waals surface area (Å²) >= 11 is 1.62. The predicted octanol–water partition coefficient (Wildman–Crippen LogP) is 2.40. The molecule has 3 N–H and O–H groups in total. The normalized spacial score (nSPS) is 10.4. The number of ether oxygens (including phenoxy) is 2. The number of anilines is 1. The molecule has 96 valence electrons. The lowest BCUT2D eigenvalue weighted by atomic mass is 10.1. The Morgan fingerprint density at radius 2 is 1.83 bits per heavy atom. The van der Waals surface area contributed by atoms with Crippen LogP contribution in [0, 0.1) is 0 Å². The average molecular weight is 265 g/mol. The van der Waals surface area contributed by atoms with E-state index in [9.17, 15) is 0 Å². The topological polar surface area (TPSA) is 73.2 Å². The third kappa shape index (κ3) is 2.11.